The third-order valence-electron chi connectivity index (χ3n) is 3.79. The van der Waals surface area contributed by atoms with Crippen molar-refractivity contribution in [2.45, 2.75) is 65.1 Å². The zero-order valence-electron chi connectivity index (χ0n) is 13.1. The van der Waals surface area contributed by atoms with Crippen LogP contribution >= 0.6 is 0 Å². The van der Waals surface area contributed by atoms with Crippen LogP contribution < -0.4 is 5.32 Å². The van der Waals surface area contributed by atoms with Gasteiger partial charge in [-0.25, -0.2) is 0 Å². The molecule has 1 fully saturated rings. The number of hydrogen-bond acceptors (Lipinski definition) is 3. The Balaban J connectivity index is 1.70. The molecule has 1 aliphatic carbocycles. The Labute approximate surface area is 123 Å². The Kier molecular flexibility index (Phi) is 5.55. The summed E-state index contributed by atoms with van der Waals surface area (Å²) in [5, 5.41) is 3.47. The molecule has 1 aliphatic rings. The van der Waals surface area contributed by atoms with Gasteiger partial charge in [-0.1, -0.05) is 18.9 Å². The fourth-order valence-electron chi connectivity index (χ4n) is 2.52. The van der Waals surface area contributed by atoms with Crippen molar-refractivity contribution in [3.8, 4) is 0 Å². The normalized spacial score (nSPS) is 16.8. The highest BCUT2D eigenvalue weighted by atomic mass is 16.5. The first-order valence-corrected chi connectivity index (χ1v) is 7.79. The van der Waals surface area contributed by atoms with Gasteiger partial charge in [-0.05, 0) is 51.2 Å². The van der Waals surface area contributed by atoms with E-state index in [-0.39, 0.29) is 5.54 Å². The number of nitrogens with zero attached hydrogens (tertiary/aromatic N) is 1. The van der Waals surface area contributed by atoms with Crippen LogP contribution in [0.2, 0.25) is 0 Å². The third-order valence-corrected chi connectivity index (χ3v) is 3.79. The molecule has 0 bridgehead atoms. The van der Waals surface area contributed by atoms with Crippen LogP contribution in [0, 0.1) is 5.92 Å². The Morgan fingerprint density at radius 3 is 2.60 bits per heavy atom. The van der Waals surface area contributed by atoms with Crippen molar-refractivity contribution in [3.63, 3.8) is 0 Å². The second-order valence-electron chi connectivity index (χ2n) is 6.93. The highest BCUT2D eigenvalue weighted by molar-refractivity contribution is 5.13. The molecule has 1 saturated carbocycles. The summed E-state index contributed by atoms with van der Waals surface area (Å²) >= 11 is 0. The Morgan fingerprint density at radius 1 is 1.25 bits per heavy atom. The molecule has 0 amide bonds. The number of rotatable bonds is 6. The van der Waals surface area contributed by atoms with Crippen molar-refractivity contribution in [1.29, 1.82) is 0 Å². The molecule has 1 aromatic rings. The van der Waals surface area contributed by atoms with E-state index in [0.29, 0.717) is 6.61 Å². The molecule has 112 valence electrons. The van der Waals surface area contributed by atoms with Crippen molar-refractivity contribution in [1.82, 2.24) is 10.3 Å². The van der Waals surface area contributed by atoms with Crippen LogP contribution in [0.4, 0.5) is 0 Å². The smallest absolute Gasteiger partial charge is 0.0887 e. The SMILES string of the molecule is CC(C)(C)NCc1ccc(COCC2CCCC2)nc1. The minimum absolute atomic E-state index is 0.142. The Bertz CT molecular complexity index is 388. The van der Waals surface area contributed by atoms with Gasteiger partial charge in [0, 0.05) is 24.9 Å². The summed E-state index contributed by atoms with van der Waals surface area (Å²) in [4.78, 5) is 4.48. The molecule has 0 unspecified atom stereocenters. The molecule has 1 heterocycles. The monoisotopic (exact) mass is 276 g/mol. The van der Waals surface area contributed by atoms with Crippen LogP contribution in [0.1, 0.15) is 57.7 Å². The second kappa shape index (κ2) is 7.19. The van der Waals surface area contributed by atoms with E-state index in [0.717, 1.165) is 24.8 Å². The van der Waals surface area contributed by atoms with Gasteiger partial charge in [0.1, 0.15) is 0 Å². The lowest BCUT2D eigenvalue weighted by atomic mass is 10.1. The Hall–Kier alpha value is -0.930. The molecule has 1 aromatic heterocycles. The lowest BCUT2D eigenvalue weighted by Crippen LogP contribution is -2.35. The van der Waals surface area contributed by atoms with Gasteiger partial charge in [0.15, 0.2) is 0 Å². The van der Waals surface area contributed by atoms with Crippen LogP contribution in [0.3, 0.4) is 0 Å². The first kappa shape index (κ1) is 15.5. The van der Waals surface area contributed by atoms with E-state index in [4.69, 9.17) is 4.74 Å². The van der Waals surface area contributed by atoms with E-state index >= 15 is 0 Å². The van der Waals surface area contributed by atoms with Crippen molar-refractivity contribution >= 4 is 0 Å². The highest BCUT2D eigenvalue weighted by Gasteiger charge is 2.14. The number of pyridine rings is 1. The first-order chi connectivity index (χ1) is 9.53. The molecular formula is C17H28N2O. The average molecular weight is 276 g/mol. The Morgan fingerprint density at radius 2 is 2.00 bits per heavy atom. The number of nitrogens with one attached hydrogen (secondary N) is 1. The topological polar surface area (TPSA) is 34.1 Å². The van der Waals surface area contributed by atoms with Crippen LogP contribution in [0.25, 0.3) is 0 Å². The second-order valence-corrected chi connectivity index (χ2v) is 6.93. The summed E-state index contributed by atoms with van der Waals surface area (Å²) in [7, 11) is 0. The van der Waals surface area contributed by atoms with E-state index in [2.05, 4.69) is 43.2 Å². The predicted octanol–water partition coefficient (Wildman–Crippen LogP) is 3.68. The zero-order chi connectivity index (χ0) is 14.4. The molecule has 3 heteroatoms. The van der Waals surface area contributed by atoms with Gasteiger partial charge in [-0.3, -0.25) is 4.98 Å². The molecule has 0 atom stereocenters. The van der Waals surface area contributed by atoms with Crippen molar-refractivity contribution in [3.05, 3.63) is 29.6 Å². The van der Waals surface area contributed by atoms with Gasteiger partial charge < -0.3 is 10.1 Å². The van der Waals surface area contributed by atoms with E-state index in [1.54, 1.807) is 0 Å². The largest absolute Gasteiger partial charge is 0.375 e. The summed E-state index contributed by atoms with van der Waals surface area (Å²) in [6, 6.07) is 4.22. The summed E-state index contributed by atoms with van der Waals surface area (Å²) in [6.07, 6.45) is 7.38. The quantitative estimate of drug-likeness (QED) is 0.860. The van der Waals surface area contributed by atoms with E-state index in [1.807, 2.05) is 6.20 Å². The maximum Gasteiger partial charge on any atom is 0.0887 e. The van der Waals surface area contributed by atoms with Crippen LogP contribution in [0.5, 0.6) is 0 Å². The van der Waals surface area contributed by atoms with Crippen molar-refractivity contribution in [2.75, 3.05) is 6.61 Å². The molecule has 3 nitrogen and oxygen atoms in total. The molecule has 0 aromatic carbocycles. The molecule has 0 aliphatic heterocycles. The number of ether oxygens (including phenoxy) is 1. The van der Waals surface area contributed by atoms with Gasteiger partial charge in [-0.15, -0.1) is 0 Å². The average Bonchev–Trinajstić information content (AvgIpc) is 2.90. The van der Waals surface area contributed by atoms with Gasteiger partial charge in [0.25, 0.3) is 0 Å². The minimum Gasteiger partial charge on any atom is -0.375 e. The molecule has 0 spiro atoms. The first-order valence-electron chi connectivity index (χ1n) is 7.79. The fourth-order valence-corrected chi connectivity index (χ4v) is 2.52. The molecule has 0 saturated heterocycles. The van der Waals surface area contributed by atoms with Gasteiger partial charge >= 0.3 is 0 Å². The molecule has 0 radical (unpaired) electrons. The molecule has 20 heavy (non-hydrogen) atoms. The van der Waals surface area contributed by atoms with Crippen LogP contribution in [-0.4, -0.2) is 17.1 Å². The minimum atomic E-state index is 0.142. The zero-order valence-corrected chi connectivity index (χ0v) is 13.1. The van der Waals surface area contributed by atoms with Crippen LogP contribution in [0.15, 0.2) is 18.3 Å². The van der Waals surface area contributed by atoms with Gasteiger partial charge in [-0.2, -0.15) is 0 Å². The maximum absolute atomic E-state index is 5.78. The maximum atomic E-state index is 5.78. The van der Waals surface area contributed by atoms with Gasteiger partial charge in [0.2, 0.25) is 0 Å². The van der Waals surface area contributed by atoms with E-state index in [1.165, 1.54) is 31.2 Å². The highest BCUT2D eigenvalue weighted by Crippen LogP contribution is 2.24. The van der Waals surface area contributed by atoms with Gasteiger partial charge in [0.05, 0.1) is 12.3 Å². The van der Waals surface area contributed by atoms with Crippen LogP contribution in [-0.2, 0) is 17.9 Å². The van der Waals surface area contributed by atoms with E-state index in [9.17, 15) is 0 Å². The summed E-state index contributed by atoms with van der Waals surface area (Å²) in [5.74, 6) is 0.783. The standard InChI is InChI=1S/C17H28N2O/c1-17(2,3)19-11-15-8-9-16(18-10-15)13-20-12-14-6-4-5-7-14/h8-10,14,19H,4-7,11-13H2,1-3H3. The fraction of sp³-hybridized carbons (Fsp3) is 0.706. The summed E-state index contributed by atoms with van der Waals surface area (Å²) in [6.45, 7) is 8.92. The lowest BCUT2D eigenvalue weighted by molar-refractivity contribution is 0.0867. The molecule has 1 N–H and O–H groups in total. The van der Waals surface area contributed by atoms with Crippen molar-refractivity contribution in [2.24, 2.45) is 5.92 Å². The van der Waals surface area contributed by atoms with Crippen molar-refractivity contribution < 1.29 is 4.74 Å². The number of aromatic nitrogens is 1. The summed E-state index contributed by atoms with van der Waals surface area (Å²) < 4.78 is 5.78. The summed E-state index contributed by atoms with van der Waals surface area (Å²) in [5.41, 5.74) is 2.39. The predicted molar refractivity (Wildman–Crippen MR) is 82.4 cm³/mol. The van der Waals surface area contributed by atoms with E-state index < -0.39 is 0 Å². The lowest BCUT2D eigenvalue weighted by Gasteiger charge is -2.20. The third kappa shape index (κ3) is 5.59. The number of hydrogen-bond donors (Lipinski definition) is 1. The molecular weight excluding hydrogens is 248 g/mol. The molecule has 2 rings (SSSR count).